The number of hydrogen-bond acceptors (Lipinski definition) is 3. The molecule has 1 atom stereocenters. The van der Waals surface area contributed by atoms with Crippen LogP contribution in [-0.4, -0.2) is 50.2 Å². The minimum Gasteiger partial charge on any atom is -0.383 e. The average molecular weight is 290 g/mol. The number of ether oxygens (including phenoxy) is 1. The van der Waals surface area contributed by atoms with E-state index in [1.165, 1.54) is 12.0 Å². The summed E-state index contributed by atoms with van der Waals surface area (Å²) in [6.07, 6.45) is 2.83. The van der Waals surface area contributed by atoms with Crippen molar-refractivity contribution in [3.8, 4) is 0 Å². The van der Waals surface area contributed by atoms with Crippen LogP contribution in [0.1, 0.15) is 24.0 Å². The number of rotatable bonds is 7. The van der Waals surface area contributed by atoms with Crippen molar-refractivity contribution in [2.75, 3.05) is 33.4 Å². The fourth-order valence-corrected chi connectivity index (χ4v) is 2.69. The summed E-state index contributed by atoms with van der Waals surface area (Å²) < 4.78 is 5.14. The van der Waals surface area contributed by atoms with E-state index in [0.29, 0.717) is 25.6 Å². The maximum absolute atomic E-state index is 12.5. The molecule has 21 heavy (non-hydrogen) atoms. The van der Waals surface area contributed by atoms with E-state index in [0.717, 1.165) is 25.1 Å². The summed E-state index contributed by atoms with van der Waals surface area (Å²) in [6.45, 7) is 5.16. The number of aryl methyl sites for hydroxylation is 1. The lowest BCUT2D eigenvalue weighted by molar-refractivity contribution is -0.131. The molecule has 1 saturated heterocycles. The first kappa shape index (κ1) is 16.0. The van der Waals surface area contributed by atoms with Crippen molar-refractivity contribution in [1.82, 2.24) is 10.2 Å². The molecule has 0 bridgehead atoms. The number of amides is 1. The third kappa shape index (κ3) is 5.14. The molecule has 1 aliphatic heterocycles. The van der Waals surface area contributed by atoms with Gasteiger partial charge in [-0.3, -0.25) is 4.79 Å². The number of methoxy groups -OCH3 is 1. The van der Waals surface area contributed by atoms with Gasteiger partial charge in [0, 0.05) is 26.2 Å². The maximum atomic E-state index is 12.5. The lowest BCUT2D eigenvalue weighted by Gasteiger charge is -2.26. The number of carbonyl (C=O) groups excluding carboxylic acids is 1. The monoisotopic (exact) mass is 290 g/mol. The Kier molecular flexibility index (Phi) is 6.21. The highest BCUT2D eigenvalue weighted by molar-refractivity contribution is 5.78. The average Bonchev–Trinajstić information content (AvgIpc) is 2.98. The van der Waals surface area contributed by atoms with E-state index in [4.69, 9.17) is 4.74 Å². The van der Waals surface area contributed by atoms with Gasteiger partial charge in [0.05, 0.1) is 13.0 Å². The summed E-state index contributed by atoms with van der Waals surface area (Å²) in [5, 5.41) is 3.45. The summed E-state index contributed by atoms with van der Waals surface area (Å²) >= 11 is 0. The van der Waals surface area contributed by atoms with Crippen molar-refractivity contribution in [1.29, 1.82) is 0 Å². The Morgan fingerprint density at radius 3 is 2.76 bits per heavy atom. The van der Waals surface area contributed by atoms with Gasteiger partial charge in [-0.25, -0.2) is 0 Å². The Bertz CT molecular complexity index is 439. The molecule has 4 heteroatoms. The normalized spacial score (nSPS) is 17.9. The zero-order chi connectivity index (χ0) is 15.1. The van der Waals surface area contributed by atoms with Crippen LogP contribution in [0, 0.1) is 6.92 Å². The molecule has 1 unspecified atom stereocenters. The van der Waals surface area contributed by atoms with Crippen LogP contribution < -0.4 is 5.32 Å². The van der Waals surface area contributed by atoms with E-state index in [1.807, 2.05) is 17.0 Å². The molecule has 116 valence electrons. The van der Waals surface area contributed by atoms with Crippen LogP contribution in [0.15, 0.2) is 24.3 Å². The minimum atomic E-state index is 0.185. The largest absolute Gasteiger partial charge is 0.383 e. The lowest BCUT2D eigenvalue weighted by Crippen LogP contribution is -2.43. The Morgan fingerprint density at radius 1 is 1.38 bits per heavy atom. The van der Waals surface area contributed by atoms with E-state index in [-0.39, 0.29) is 5.91 Å². The number of benzene rings is 1. The standard InChI is InChI=1S/C17H26N2O2/c1-14-5-7-15(8-6-14)12-17(20)19(10-11-21-2)13-16-4-3-9-18-16/h5-8,16,18H,3-4,9-13H2,1-2H3. The lowest BCUT2D eigenvalue weighted by atomic mass is 10.1. The van der Waals surface area contributed by atoms with Gasteiger partial charge in [-0.2, -0.15) is 0 Å². The molecule has 0 spiro atoms. The Morgan fingerprint density at radius 2 is 2.14 bits per heavy atom. The topological polar surface area (TPSA) is 41.6 Å². The zero-order valence-corrected chi connectivity index (χ0v) is 13.1. The van der Waals surface area contributed by atoms with Gasteiger partial charge in [0.15, 0.2) is 0 Å². The van der Waals surface area contributed by atoms with Crippen LogP contribution in [0.5, 0.6) is 0 Å². The van der Waals surface area contributed by atoms with Crippen molar-refractivity contribution in [3.63, 3.8) is 0 Å². The van der Waals surface area contributed by atoms with E-state index in [1.54, 1.807) is 7.11 Å². The van der Waals surface area contributed by atoms with Crippen molar-refractivity contribution in [2.45, 2.75) is 32.2 Å². The van der Waals surface area contributed by atoms with E-state index in [2.05, 4.69) is 24.4 Å². The van der Waals surface area contributed by atoms with Crippen molar-refractivity contribution < 1.29 is 9.53 Å². The highest BCUT2D eigenvalue weighted by Crippen LogP contribution is 2.10. The second-order valence-corrected chi connectivity index (χ2v) is 5.79. The van der Waals surface area contributed by atoms with Crippen molar-refractivity contribution in [2.24, 2.45) is 0 Å². The van der Waals surface area contributed by atoms with Gasteiger partial charge in [-0.1, -0.05) is 29.8 Å². The van der Waals surface area contributed by atoms with Crippen LogP contribution in [-0.2, 0) is 16.0 Å². The second kappa shape index (κ2) is 8.15. The van der Waals surface area contributed by atoms with Crippen molar-refractivity contribution >= 4 is 5.91 Å². The molecule has 1 aromatic carbocycles. The van der Waals surface area contributed by atoms with Gasteiger partial charge in [0.25, 0.3) is 0 Å². The first-order chi connectivity index (χ1) is 10.2. The highest BCUT2D eigenvalue weighted by Gasteiger charge is 2.21. The smallest absolute Gasteiger partial charge is 0.227 e. The van der Waals surface area contributed by atoms with E-state index >= 15 is 0 Å². The van der Waals surface area contributed by atoms with Gasteiger partial charge < -0.3 is 15.0 Å². The van der Waals surface area contributed by atoms with E-state index < -0.39 is 0 Å². The number of carbonyl (C=O) groups is 1. The third-order valence-corrected chi connectivity index (χ3v) is 4.00. The molecule has 1 aromatic rings. The molecule has 1 heterocycles. The van der Waals surface area contributed by atoms with Crippen molar-refractivity contribution in [3.05, 3.63) is 35.4 Å². The van der Waals surface area contributed by atoms with Gasteiger partial charge in [0.2, 0.25) is 5.91 Å². The second-order valence-electron chi connectivity index (χ2n) is 5.79. The highest BCUT2D eigenvalue weighted by atomic mass is 16.5. The predicted molar refractivity (Wildman–Crippen MR) is 84.4 cm³/mol. The number of hydrogen-bond donors (Lipinski definition) is 1. The summed E-state index contributed by atoms with van der Waals surface area (Å²) in [6, 6.07) is 8.62. The molecule has 0 aliphatic carbocycles. The van der Waals surface area contributed by atoms with E-state index in [9.17, 15) is 4.79 Å². The zero-order valence-electron chi connectivity index (χ0n) is 13.1. The summed E-state index contributed by atoms with van der Waals surface area (Å²) in [5.41, 5.74) is 2.30. The first-order valence-corrected chi connectivity index (χ1v) is 7.74. The molecule has 1 fully saturated rings. The molecule has 0 saturated carbocycles. The summed E-state index contributed by atoms with van der Waals surface area (Å²) in [5.74, 6) is 0.185. The molecule has 0 radical (unpaired) electrons. The van der Waals surface area contributed by atoms with Crippen LogP contribution in [0.2, 0.25) is 0 Å². The molecule has 2 rings (SSSR count). The number of nitrogens with zero attached hydrogens (tertiary/aromatic N) is 1. The number of nitrogens with one attached hydrogen (secondary N) is 1. The Balaban J connectivity index is 1.93. The molecule has 1 amide bonds. The van der Waals surface area contributed by atoms with Crippen LogP contribution in [0.25, 0.3) is 0 Å². The van der Waals surface area contributed by atoms with Crippen LogP contribution in [0.4, 0.5) is 0 Å². The fourth-order valence-electron chi connectivity index (χ4n) is 2.69. The summed E-state index contributed by atoms with van der Waals surface area (Å²) in [7, 11) is 1.68. The maximum Gasteiger partial charge on any atom is 0.227 e. The third-order valence-electron chi connectivity index (χ3n) is 4.00. The predicted octanol–water partition coefficient (Wildman–Crippen LogP) is 1.76. The molecule has 4 nitrogen and oxygen atoms in total. The Hall–Kier alpha value is -1.39. The molecular weight excluding hydrogens is 264 g/mol. The minimum absolute atomic E-state index is 0.185. The quantitative estimate of drug-likeness (QED) is 0.832. The van der Waals surface area contributed by atoms with Crippen LogP contribution in [0.3, 0.4) is 0 Å². The van der Waals surface area contributed by atoms with Gasteiger partial charge in [0.1, 0.15) is 0 Å². The summed E-state index contributed by atoms with van der Waals surface area (Å²) in [4.78, 5) is 14.5. The van der Waals surface area contributed by atoms with Gasteiger partial charge in [-0.15, -0.1) is 0 Å². The molecular formula is C17H26N2O2. The van der Waals surface area contributed by atoms with Crippen LogP contribution >= 0.6 is 0 Å². The molecule has 1 N–H and O–H groups in total. The molecule has 0 aromatic heterocycles. The van der Waals surface area contributed by atoms with Gasteiger partial charge >= 0.3 is 0 Å². The Labute approximate surface area is 127 Å². The first-order valence-electron chi connectivity index (χ1n) is 7.74. The SMILES string of the molecule is COCCN(CC1CCCN1)C(=O)Cc1ccc(C)cc1. The fraction of sp³-hybridized carbons (Fsp3) is 0.588. The molecule has 1 aliphatic rings. The van der Waals surface area contributed by atoms with Gasteiger partial charge in [-0.05, 0) is 31.9 Å².